The predicted octanol–water partition coefficient (Wildman–Crippen LogP) is 4.26. The van der Waals surface area contributed by atoms with Gasteiger partial charge in [-0.2, -0.15) is 0 Å². The minimum Gasteiger partial charge on any atom is -0.462 e. The molecule has 0 aliphatic carbocycles. The smallest absolute Gasteiger partial charge is 0.338 e. The fourth-order valence-corrected chi connectivity index (χ4v) is 2.25. The molecular weight excluding hydrogens is 332 g/mol. The Morgan fingerprint density at radius 1 is 1.24 bits per heavy atom. The number of aryl methyl sites for hydroxylation is 1. The van der Waals surface area contributed by atoms with Crippen LogP contribution in [0.15, 0.2) is 40.9 Å². The first-order valence-corrected chi connectivity index (χ1v) is 7.40. The minimum absolute atomic E-state index is 0.343. The molecule has 5 heteroatoms. The fraction of sp³-hybridized carbons (Fsp3) is 0.188. The average molecular weight is 349 g/mol. The van der Waals surface area contributed by atoms with E-state index < -0.39 is 0 Å². The first-order chi connectivity index (χ1) is 10.0. The normalized spacial score (nSPS) is 10.2. The van der Waals surface area contributed by atoms with Crippen molar-refractivity contribution >= 4 is 39.0 Å². The summed E-state index contributed by atoms with van der Waals surface area (Å²) in [6, 6.07) is 11.1. The van der Waals surface area contributed by atoms with Gasteiger partial charge in [-0.05, 0) is 49.7 Å². The van der Waals surface area contributed by atoms with Crippen LogP contribution in [0.4, 0.5) is 17.1 Å². The molecule has 2 rings (SSSR count). The molecular formula is C16H17BrN2O2. The van der Waals surface area contributed by atoms with Crippen molar-refractivity contribution in [2.75, 3.05) is 17.7 Å². The van der Waals surface area contributed by atoms with Gasteiger partial charge in [0.25, 0.3) is 0 Å². The van der Waals surface area contributed by atoms with Gasteiger partial charge in [-0.25, -0.2) is 4.79 Å². The SMILES string of the molecule is CCOC(=O)c1ccc(Nc2cc(Br)ccc2C)c(N)c1. The number of halogens is 1. The zero-order valence-electron chi connectivity index (χ0n) is 11.9. The van der Waals surface area contributed by atoms with E-state index in [1.165, 1.54) is 0 Å². The van der Waals surface area contributed by atoms with Gasteiger partial charge in [-0.3, -0.25) is 0 Å². The number of esters is 1. The van der Waals surface area contributed by atoms with Gasteiger partial charge < -0.3 is 15.8 Å². The number of carbonyl (C=O) groups is 1. The summed E-state index contributed by atoms with van der Waals surface area (Å²) in [6.07, 6.45) is 0. The van der Waals surface area contributed by atoms with Crippen LogP contribution in [0.25, 0.3) is 0 Å². The van der Waals surface area contributed by atoms with E-state index in [0.29, 0.717) is 17.9 Å². The lowest BCUT2D eigenvalue weighted by molar-refractivity contribution is 0.0526. The molecule has 0 unspecified atom stereocenters. The molecule has 0 bridgehead atoms. The predicted molar refractivity (Wildman–Crippen MR) is 89.0 cm³/mol. The van der Waals surface area contributed by atoms with Gasteiger partial charge >= 0.3 is 5.97 Å². The number of carbonyl (C=O) groups excluding carboxylic acids is 1. The van der Waals surface area contributed by atoms with Gasteiger partial charge in [-0.15, -0.1) is 0 Å². The number of hydrogen-bond acceptors (Lipinski definition) is 4. The highest BCUT2D eigenvalue weighted by Gasteiger charge is 2.09. The van der Waals surface area contributed by atoms with Crippen LogP contribution in [0.3, 0.4) is 0 Å². The van der Waals surface area contributed by atoms with Crippen LogP contribution >= 0.6 is 15.9 Å². The van der Waals surface area contributed by atoms with Crippen molar-refractivity contribution in [1.29, 1.82) is 0 Å². The molecule has 3 N–H and O–H groups in total. The number of anilines is 3. The summed E-state index contributed by atoms with van der Waals surface area (Å²) in [5, 5.41) is 3.27. The lowest BCUT2D eigenvalue weighted by Gasteiger charge is -2.13. The summed E-state index contributed by atoms with van der Waals surface area (Å²) < 4.78 is 5.94. The Balaban J connectivity index is 2.25. The van der Waals surface area contributed by atoms with Gasteiger partial charge in [-0.1, -0.05) is 22.0 Å². The molecule has 0 spiro atoms. The van der Waals surface area contributed by atoms with Gasteiger partial charge in [0.15, 0.2) is 0 Å². The summed E-state index contributed by atoms with van der Waals surface area (Å²) in [7, 11) is 0. The molecule has 0 radical (unpaired) electrons. The van der Waals surface area contributed by atoms with Crippen molar-refractivity contribution in [3.05, 3.63) is 52.0 Å². The van der Waals surface area contributed by atoms with Crippen molar-refractivity contribution in [2.45, 2.75) is 13.8 Å². The molecule has 0 saturated heterocycles. The molecule has 0 atom stereocenters. The van der Waals surface area contributed by atoms with E-state index in [4.69, 9.17) is 10.5 Å². The number of rotatable bonds is 4. The summed E-state index contributed by atoms with van der Waals surface area (Å²) >= 11 is 3.44. The van der Waals surface area contributed by atoms with E-state index in [1.54, 1.807) is 25.1 Å². The van der Waals surface area contributed by atoms with Gasteiger partial charge in [0.1, 0.15) is 0 Å². The highest BCUT2D eigenvalue weighted by molar-refractivity contribution is 9.10. The third-order valence-corrected chi connectivity index (χ3v) is 3.52. The second-order valence-electron chi connectivity index (χ2n) is 4.61. The molecule has 0 fully saturated rings. The molecule has 110 valence electrons. The number of nitrogen functional groups attached to an aromatic ring is 1. The second kappa shape index (κ2) is 6.63. The topological polar surface area (TPSA) is 64.3 Å². The molecule has 0 saturated carbocycles. The summed E-state index contributed by atoms with van der Waals surface area (Å²) in [5.41, 5.74) is 9.78. The maximum Gasteiger partial charge on any atom is 0.338 e. The zero-order chi connectivity index (χ0) is 15.4. The molecule has 2 aromatic carbocycles. The van der Waals surface area contributed by atoms with E-state index in [2.05, 4.69) is 21.2 Å². The lowest BCUT2D eigenvalue weighted by atomic mass is 10.1. The summed E-state index contributed by atoms with van der Waals surface area (Å²) in [4.78, 5) is 11.7. The van der Waals surface area contributed by atoms with Crippen LogP contribution in [-0.4, -0.2) is 12.6 Å². The van der Waals surface area contributed by atoms with Gasteiger partial charge in [0.05, 0.1) is 23.5 Å². The van der Waals surface area contributed by atoms with Crippen molar-refractivity contribution in [3.63, 3.8) is 0 Å². The number of ether oxygens (including phenoxy) is 1. The Bertz CT molecular complexity index is 671. The Hall–Kier alpha value is -2.01. The highest BCUT2D eigenvalue weighted by Crippen LogP contribution is 2.28. The van der Waals surface area contributed by atoms with Gasteiger partial charge in [0.2, 0.25) is 0 Å². The molecule has 4 nitrogen and oxygen atoms in total. The molecule has 2 aromatic rings. The molecule has 0 heterocycles. The third-order valence-electron chi connectivity index (χ3n) is 3.03. The Morgan fingerprint density at radius 3 is 2.67 bits per heavy atom. The first kappa shape index (κ1) is 15.4. The number of hydrogen-bond donors (Lipinski definition) is 2. The molecule has 0 aliphatic heterocycles. The molecule has 0 aromatic heterocycles. The highest BCUT2D eigenvalue weighted by atomic mass is 79.9. The van der Waals surface area contributed by atoms with E-state index in [1.807, 2.05) is 25.1 Å². The quantitative estimate of drug-likeness (QED) is 0.639. The lowest BCUT2D eigenvalue weighted by Crippen LogP contribution is -2.06. The zero-order valence-corrected chi connectivity index (χ0v) is 13.5. The average Bonchev–Trinajstić information content (AvgIpc) is 2.45. The summed E-state index contributed by atoms with van der Waals surface area (Å²) in [5.74, 6) is -0.366. The van der Waals surface area contributed by atoms with Crippen LogP contribution in [-0.2, 0) is 4.74 Å². The van der Waals surface area contributed by atoms with E-state index in [9.17, 15) is 4.79 Å². The molecule has 0 amide bonds. The largest absolute Gasteiger partial charge is 0.462 e. The van der Waals surface area contributed by atoms with Crippen molar-refractivity contribution < 1.29 is 9.53 Å². The molecule has 21 heavy (non-hydrogen) atoms. The van der Waals surface area contributed by atoms with E-state index in [0.717, 1.165) is 21.4 Å². The van der Waals surface area contributed by atoms with Crippen LogP contribution in [0, 0.1) is 6.92 Å². The van der Waals surface area contributed by atoms with E-state index >= 15 is 0 Å². The van der Waals surface area contributed by atoms with E-state index in [-0.39, 0.29) is 5.97 Å². The second-order valence-corrected chi connectivity index (χ2v) is 5.52. The van der Waals surface area contributed by atoms with Crippen LogP contribution in [0.1, 0.15) is 22.8 Å². The third kappa shape index (κ3) is 3.76. The number of benzene rings is 2. The van der Waals surface area contributed by atoms with Gasteiger partial charge in [0, 0.05) is 10.2 Å². The van der Waals surface area contributed by atoms with Crippen LogP contribution in [0.5, 0.6) is 0 Å². The number of nitrogens with two attached hydrogens (primary N) is 1. The maximum absolute atomic E-state index is 11.7. The summed E-state index contributed by atoms with van der Waals surface area (Å²) in [6.45, 7) is 4.13. The van der Waals surface area contributed by atoms with Crippen LogP contribution in [0.2, 0.25) is 0 Å². The minimum atomic E-state index is -0.366. The number of nitrogens with one attached hydrogen (secondary N) is 1. The first-order valence-electron chi connectivity index (χ1n) is 6.61. The van der Waals surface area contributed by atoms with Crippen molar-refractivity contribution in [1.82, 2.24) is 0 Å². The maximum atomic E-state index is 11.7. The van der Waals surface area contributed by atoms with Crippen molar-refractivity contribution in [3.8, 4) is 0 Å². The Labute approximate surface area is 132 Å². The Kier molecular flexibility index (Phi) is 4.85. The standard InChI is InChI=1S/C16H17BrN2O2/c1-3-21-16(20)11-5-7-14(13(18)8-11)19-15-9-12(17)6-4-10(15)2/h4-9,19H,3,18H2,1-2H3. The Morgan fingerprint density at radius 2 is 2.00 bits per heavy atom. The monoisotopic (exact) mass is 348 g/mol. The molecule has 0 aliphatic rings. The fourth-order valence-electron chi connectivity index (χ4n) is 1.89. The van der Waals surface area contributed by atoms with Crippen LogP contribution < -0.4 is 11.1 Å². The van der Waals surface area contributed by atoms with Crippen molar-refractivity contribution in [2.24, 2.45) is 0 Å².